The summed E-state index contributed by atoms with van der Waals surface area (Å²) in [7, 11) is 1.69. The average Bonchev–Trinajstić information content (AvgIpc) is 1.82. The quantitative estimate of drug-likeness (QED) is 0.720. The fraction of sp³-hybridized carbons (Fsp3) is 1.00. The molecule has 0 fully saturated rings. The second kappa shape index (κ2) is 7.73. The summed E-state index contributed by atoms with van der Waals surface area (Å²) in [4.78, 5) is 0. The van der Waals surface area contributed by atoms with Crippen LogP contribution >= 0.6 is 0 Å². The van der Waals surface area contributed by atoms with E-state index in [1.54, 1.807) is 7.05 Å². The van der Waals surface area contributed by atoms with Crippen LogP contribution in [0.3, 0.4) is 0 Å². The molecule has 0 spiro atoms. The molecule has 0 bridgehead atoms. The van der Waals surface area contributed by atoms with Crippen LogP contribution in [0.4, 0.5) is 0 Å². The molecule has 0 amide bonds. The van der Waals surface area contributed by atoms with E-state index in [2.05, 4.69) is 41.5 Å². The van der Waals surface area contributed by atoms with Gasteiger partial charge >= 0.3 is 0 Å². The average molecular weight is 254 g/mol. The molecule has 0 aliphatic carbocycles. The van der Waals surface area contributed by atoms with Crippen LogP contribution in [-0.2, 0) is 18.6 Å². The van der Waals surface area contributed by atoms with Crippen LogP contribution in [0.2, 0.25) is 0 Å². The first-order valence-electron chi connectivity index (χ1n) is 5.35. The van der Waals surface area contributed by atoms with Gasteiger partial charge < -0.3 is 5.21 Å². The second-order valence-corrected chi connectivity index (χ2v) is 6.06. The molecule has 1 N–H and O–H groups in total. The molecule has 0 aliphatic rings. The van der Waals surface area contributed by atoms with Gasteiger partial charge in [-0.25, -0.2) is 0 Å². The Bertz CT molecular complexity index is 145. The summed E-state index contributed by atoms with van der Waals surface area (Å²) in [6.45, 7) is 16.9. The van der Waals surface area contributed by atoms with Crippen molar-refractivity contribution in [2.75, 3.05) is 7.05 Å². The van der Waals surface area contributed by atoms with Crippen molar-refractivity contribution in [3.05, 3.63) is 0 Å². The molecule has 0 aromatic rings. The van der Waals surface area contributed by atoms with Crippen molar-refractivity contribution in [2.24, 2.45) is 11.3 Å². The second-order valence-electron chi connectivity index (χ2n) is 6.06. The Balaban J connectivity index is -0.000000249. The van der Waals surface area contributed by atoms with Gasteiger partial charge in [-0.1, -0.05) is 41.5 Å². The summed E-state index contributed by atoms with van der Waals surface area (Å²) in [5.74, 6) is 0.833. The van der Waals surface area contributed by atoms with E-state index in [9.17, 15) is 5.21 Å². The SMILES string of the molecule is CC(C)C.CN(O)C(C)(C)C(C)(C)C.[V]. The Morgan fingerprint density at radius 3 is 1.13 bits per heavy atom. The van der Waals surface area contributed by atoms with Gasteiger partial charge in [0.15, 0.2) is 0 Å². The van der Waals surface area contributed by atoms with Gasteiger partial charge in [0.05, 0.1) is 0 Å². The molecule has 1 radical (unpaired) electrons. The predicted molar refractivity (Wildman–Crippen MR) is 63.6 cm³/mol. The Kier molecular flexibility index (Phi) is 10.7. The first-order chi connectivity index (χ1) is 5.93. The van der Waals surface area contributed by atoms with Crippen molar-refractivity contribution < 1.29 is 23.8 Å². The Morgan fingerprint density at radius 1 is 0.933 bits per heavy atom. The molecule has 0 aliphatic heterocycles. The van der Waals surface area contributed by atoms with E-state index in [0.29, 0.717) is 0 Å². The van der Waals surface area contributed by atoms with E-state index in [1.165, 1.54) is 5.06 Å². The van der Waals surface area contributed by atoms with Gasteiger partial charge in [-0.15, -0.1) is 0 Å². The van der Waals surface area contributed by atoms with Crippen molar-refractivity contribution in [2.45, 2.75) is 60.9 Å². The van der Waals surface area contributed by atoms with Gasteiger partial charge in [0.1, 0.15) is 0 Å². The zero-order valence-corrected chi connectivity index (χ0v) is 13.3. The van der Waals surface area contributed by atoms with Crippen LogP contribution < -0.4 is 0 Å². The Labute approximate surface area is 108 Å². The summed E-state index contributed by atoms with van der Waals surface area (Å²) in [6, 6.07) is 0. The van der Waals surface area contributed by atoms with E-state index in [-0.39, 0.29) is 29.5 Å². The van der Waals surface area contributed by atoms with Crippen LogP contribution in [0.5, 0.6) is 0 Å². The van der Waals surface area contributed by atoms with Crippen molar-refractivity contribution in [1.82, 2.24) is 5.06 Å². The predicted octanol–water partition coefficient (Wildman–Crippen LogP) is 3.79. The molecule has 0 unspecified atom stereocenters. The van der Waals surface area contributed by atoms with Gasteiger partial charge in [-0.05, 0) is 25.2 Å². The van der Waals surface area contributed by atoms with E-state index >= 15 is 0 Å². The molecular formula is C12H29NOV. The molecule has 0 saturated heterocycles. The molecule has 3 heteroatoms. The summed E-state index contributed by atoms with van der Waals surface area (Å²) in [5, 5.41) is 10.5. The number of hydrogen-bond donors (Lipinski definition) is 1. The Hall–Kier alpha value is 0.504. The van der Waals surface area contributed by atoms with E-state index < -0.39 is 0 Å². The zero-order valence-electron chi connectivity index (χ0n) is 11.9. The number of rotatable bonds is 1. The normalized spacial score (nSPS) is 12.0. The maximum Gasteiger partial charge on any atom is 0.0449 e. The molecule has 0 heterocycles. The third-order valence-electron chi connectivity index (χ3n) is 2.64. The molecule has 15 heavy (non-hydrogen) atoms. The molecule has 0 rings (SSSR count). The van der Waals surface area contributed by atoms with Crippen molar-refractivity contribution in [3.63, 3.8) is 0 Å². The van der Waals surface area contributed by atoms with Crippen LogP contribution in [0.15, 0.2) is 0 Å². The zero-order chi connectivity index (χ0) is 12.2. The minimum absolute atomic E-state index is 0. The van der Waals surface area contributed by atoms with Gasteiger partial charge in [0.2, 0.25) is 0 Å². The van der Waals surface area contributed by atoms with Crippen LogP contribution in [0.25, 0.3) is 0 Å². The van der Waals surface area contributed by atoms with Crippen molar-refractivity contribution in [3.8, 4) is 0 Å². The number of hydrogen-bond acceptors (Lipinski definition) is 2. The molecule has 0 aromatic carbocycles. The molecule has 0 aromatic heterocycles. The number of nitrogens with zero attached hydrogens (tertiary/aromatic N) is 1. The van der Waals surface area contributed by atoms with Crippen LogP contribution in [0, 0.1) is 11.3 Å². The topological polar surface area (TPSA) is 23.5 Å². The monoisotopic (exact) mass is 254 g/mol. The van der Waals surface area contributed by atoms with Gasteiger partial charge in [-0.3, -0.25) is 0 Å². The largest absolute Gasteiger partial charge is 0.314 e. The molecular weight excluding hydrogens is 225 g/mol. The summed E-state index contributed by atoms with van der Waals surface area (Å²) >= 11 is 0. The van der Waals surface area contributed by atoms with Crippen LogP contribution in [-0.4, -0.2) is 22.9 Å². The minimum Gasteiger partial charge on any atom is -0.314 e. The maximum atomic E-state index is 9.25. The van der Waals surface area contributed by atoms with Crippen molar-refractivity contribution in [1.29, 1.82) is 0 Å². The third kappa shape index (κ3) is 9.43. The smallest absolute Gasteiger partial charge is 0.0449 e. The van der Waals surface area contributed by atoms with Crippen molar-refractivity contribution >= 4 is 0 Å². The first-order valence-corrected chi connectivity index (χ1v) is 5.35. The minimum atomic E-state index is -0.174. The van der Waals surface area contributed by atoms with Gasteiger partial charge in [0, 0.05) is 31.1 Å². The number of hydroxylamine groups is 2. The van der Waals surface area contributed by atoms with Gasteiger partial charge in [0.25, 0.3) is 0 Å². The summed E-state index contributed by atoms with van der Waals surface area (Å²) in [5.41, 5.74) is -0.0799. The fourth-order valence-electron chi connectivity index (χ4n) is 0.485. The van der Waals surface area contributed by atoms with E-state index in [4.69, 9.17) is 0 Å². The molecule has 93 valence electrons. The maximum absolute atomic E-state index is 9.25. The van der Waals surface area contributed by atoms with E-state index in [0.717, 1.165) is 5.92 Å². The van der Waals surface area contributed by atoms with E-state index in [1.807, 2.05) is 13.8 Å². The Morgan fingerprint density at radius 2 is 1.13 bits per heavy atom. The third-order valence-corrected chi connectivity index (χ3v) is 2.64. The fourth-order valence-corrected chi connectivity index (χ4v) is 0.485. The molecule has 2 nitrogen and oxygen atoms in total. The molecule has 0 saturated carbocycles. The van der Waals surface area contributed by atoms with Crippen LogP contribution in [0.1, 0.15) is 55.4 Å². The molecule has 0 atom stereocenters. The summed E-state index contributed by atoms with van der Waals surface area (Å²) in [6.07, 6.45) is 0. The summed E-state index contributed by atoms with van der Waals surface area (Å²) < 4.78 is 0. The van der Waals surface area contributed by atoms with Gasteiger partial charge in [-0.2, -0.15) is 5.06 Å². The first kappa shape index (κ1) is 20.9. The standard InChI is InChI=1S/C8H19NO.C4H10.V/c1-7(2,3)8(4,5)9(6)10;1-4(2)3;/h10H,1-6H3;4H,1-3H3;.